The molecule has 0 bridgehead atoms. The van der Waals surface area contributed by atoms with Gasteiger partial charge in [0.25, 0.3) is 0 Å². The molecule has 0 aliphatic carbocycles. The molecule has 0 radical (unpaired) electrons. The van der Waals surface area contributed by atoms with E-state index >= 15 is 0 Å². The van der Waals surface area contributed by atoms with Crippen LogP contribution >= 0.6 is 11.3 Å². The van der Waals surface area contributed by atoms with E-state index in [2.05, 4.69) is 150 Å². The molecule has 4 aromatic heterocycles. The van der Waals surface area contributed by atoms with E-state index in [4.69, 9.17) is 9.97 Å². The third-order valence-electron chi connectivity index (χ3n) is 9.42. The fourth-order valence-electron chi connectivity index (χ4n) is 7.26. The first-order valence-corrected chi connectivity index (χ1v) is 17.0. The number of fused-ring (bicyclic) bond motifs is 10. The Bertz CT molecular complexity index is 2760. The predicted molar refractivity (Wildman–Crippen MR) is 203 cm³/mol. The van der Waals surface area contributed by atoms with Crippen LogP contribution in [0.25, 0.3) is 92.2 Å². The molecule has 0 fully saturated rings. The van der Waals surface area contributed by atoms with Gasteiger partial charge >= 0.3 is 0 Å². The summed E-state index contributed by atoms with van der Waals surface area (Å²) in [6.07, 6.45) is 2.01. The minimum atomic E-state index is 0.899. The van der Waals surface area contributed by atoms with E-state index < -0.39 is 0 Å². The minimum Gasteiger partial charge on any atom is -0.293 e. The number of hydrogen-bond acceptors (Lipinski definition) is 3. The maximum atomic E-state index is 5.18. The summed E-state index contributed by atoms with van der Waals surface area (Å²) >= 11 is 1.89. The zero-order valence-corrected chi connectivity index (χ0v) is 26.7. The van der Waals surface area contributed by atoms with Gasteiger partial charge in [0.05, 0.1) is 22.4 Å². The Labute approximate surface area is 281 Å². The zero-order chi connectivity index (χ0) is 31.6. The second kappa shape index (κ2) is 10.7. The van der Waals surface area contributed by atoms with Crippen LogP contribution in [0.5, 0.6) is 0 Å². The summed E-state index contributed by atoms with van der Waals surface area (Å²) in [5.41, 5.74) is 8.55. The maximum Gasteiger partial charge on any atom is 0.137 e. The molecular weight excluding hydrogens is 603 g/mol. The number of nitrogens with zero attached hydrogens (tertiary/aromatic N) is 3. The van der Waals surface area contributed by atoms with Gasteiger partial charge in [-0.05, 0) is 47.3 Å². The number of benzene rings is 6. The molecule has 3 nitrogen and oxygen atoms in total. The Morgan fingerprint density at radius 1 is 0.458 bits per heavy atom. The van der Waals surface area contributed by atoms with Gasteiger partial charge in [0.1, 0.15) is 5.82 Å². The van der Waals surface area contributed by atoms with Crippen molar-refractivity contribution in [2.45, 2.75) is 0 Å². The third kappa shape index (κ3) is 4.13. The number of aromatic nitrogens is 3. The van der Waals surface area contributed by atoms with Crippen molar-refractivity contribution in [3.63, 3.8) is 0 Å². The van der Waals surface area contributed by atoms with Crippen LogP contribution in [0, 0.1) is 0 Å². The first-order chi connectivity index (χ1) is 23.8. The van der Waals surface area contributed by atoms with Crippen molar-refractivity contribution >= 4 is 64.1 Å². The van der Waals surface area contributed by atoms with E-state index in [1.54, 1.807) is 0 Å². The van der Waals surface area contributed by atoms with Crippen LogP contribution in [0.1, 0.15) is 0 Å². The molecule has 0 saturated carbocycles. The largest absolute Gasteiger partial charge is 0.293 e. The second-order valence-corrected chi connectivity index (χ2v) is 13.2. The lowest BCUT2D eigenvalue weighted by molar-refractivity contribution is 1.08. The third-order valence-corrected chi connectivity index (χ3v) is 10.6. The van der Waals surface area contributed by atoms with Crippen molar-refractivity contribution in [3.05, 3.63) is 164 Å². The van der Waals surface area contributed by atoms with Crippen LogP contribution < -0.4 is 0 Å². The first kappa shape index (κ1) is 27.1. The standard InChI is InChI=1S/C44H27N3S/c1-3-13-28(14-4-1)36-25-31(26-37(46-36)29-15-5-2-6-16-29)30-23-24-40(45-27-30)47-38-21-11-9-19-34(38)42-43(47)33-18-8-7-17-32(33)41-35-20-10-12-22-39(35)48-44(41)42/h1-27H. The number of thiophene rings is 1. The summed E-state index contributed by atoms with van der Waals surface area (Å²) in [7, 11) is 0. The molecule has 0 atom stereocenters. The summed E-state index contributed by atoms with van der Waals surface area (Å²) in [5.74, 6) is 0.899. The average molecular weight is 630 g/mol. The van der Waals surface area contributed by atoms with Crippen LogP contribution in [0.4, 0.5) is 0 Å². The molecule has 0 N–H and O–H groups in total. The van der Waals surface area contributed by atoms with Gasteiger partial charge in [-0.2, -0.15) is 0 Å². The predicted octanol–water partition coefficient (Wildman–Crippen LogP) is 12.1. The minimum absolute atomic E-state index is 0.899. The SMILES string of the molecule is c1ccc(-c2cc(-c3ccc(-n4c5ccccc5c5c6sc7ccccc7c6c6ccccc6c54)nc3)cc(-c3ccccc3)n2)cc1. The van der Waals surface area contributed by atoms with Crippen molar-refractivity contribution in [1.82, 2.24) is 14.5 Å². The molecule has 224 valence electrons. The summed E-state index contributed by atoms with van der Waals surface area (Å²) in [4.78, 5) is 10.3. The van der Waals surface area contributed by atoms with Gasteiger partial charge in [0, 0.05) is 59.2 Å². The van der Waals surface area contributed by atoms with E-state index in [1.165, 1.54) is 47.2 Å². The number of pyridine rings is 2. The first-order valence-electron chi connectivity index (χ1n) is 16.2. The summed E-state index contributed by atoms with van der Waals surface area (Å²) < 4.78 is 5.00. The van der Waals surface area contributed by atoms with Gasteiger partial charge in [0.15, 0.2) is 0 Å². The zero-order valence-electron chi connectivity index (χ0n) is 25.8. The monoisotopic (exact) mass is 629 g/mol. The topological polar surface area (TPSA) is 30.7 Å². The van der Waals surface area contributed by atoms with Crippen LogP contribution in [0.15, 0.2) is 164 Å². The smallest absolute Gasteiger partial charge is 0.137 e. The molecule has 10 aromatic rings. The molecule has 0 spiro atoms. The van der Waals surface area contributed by atoms with E-state index in [-0.39, 0.29) is 0 Å². The van der Waals surface area contributed by atoms with Gasteiger partial charge in [-0.25, -0.2) is 9.97 Å². The lowest BCUT2D eigenvalue weighted by atomic mass is 10.00. The fraction of sp³-hybridized carbons (Fsp3) is 0. The van der Waals surface area contributed by atoms with E-state index in [0.717, 1.165) is 45.0 Å². The molecule has 0 aliphatic rings. The molecule has 10 rings (SSSR count). The van der Waals surface area contributed by atoms with E-state index in [1.807, 2.05) is 29.7 Å². The quantitative estimate of drug-likeness (QED) is 0.194. The normalized spacial score (nSPS) is 11.8. The van der Waals surface area contributed by atoms with Crippen LogP contribution in [0.3, 0.4) is 0 Å². The van der Waals surface area contributed by atoms with Crippen LogP contribution in [-0.4, -0.2) is 14.5 Å². The molecule has 4 heterocycles. The highest BCUT2D eigenvalue weighted by Crippen LogP contribution is 2.47. The Hall–Kier alpha value is -6.10. The van der Waals surface area contributed by atoms with E-state index in [0.29, 0.717) is 0 Å². The lowest BCUT2D eigenvalue weighted by Crippen LogP contribution is -1.98. The summed E-state index contributed by atoms with van der Waals surface area (Å²) in [6.45, 7) is 0. The van der Waals surface area contributed by atoms with Crippen molar-refractivity contribution in [2.75, 3.05) is 0 Å². The average Bonchev–Trinajstić information content (AvgIpc) is 3.72. The van der Waals surface area contributed by atoms with Crippen molar-refractivity contribution in [1.29, 1.82) is 0 Å². The highest BCUT2D eigenvalue weighted by Gasteiger charge is 2.22. The Morgan fingerprint density at radius 3 is 1.75 bits per heavy atom. The van der Waals surface area contributed by atoms with Gasteiger partial charge in [0.2, 0.25) is 0 Å². The Kier molecular flexibility index (Phi) is 6.05. The highest BCUT2D eigenvalue weighted by atomic mass is 32.1. The molecule has 6 aromatic carbocycles. The van der Waals surface area contributed by atoms with Crippen molar-refractivity contribution < 1.29 is 0 Å². The summed E-state index contributed by atoms with van der Waals surface area (Å²) in [6, 6.07) is 55.9. The van der Waals surface area contributed by atoms with E-state index in [9.17, 15) is 0 Å². The van der Waals surface area contributed by atoms with Crippen LogP contribution in [-0.2, 0) is 0 Å². The fourth-order valence-corrected chi connectivity index (χ4v) is 8.54. The van der Waals surface area contributed by atoms with Crippen molar-refractivity contribution in [3.8, 4) is 39.5 Å². The van der Waals surface area contributed by atoms with Gasteiger partial charge < -0.3 is 0 Å². The molecular formula is C44H27N3S. The molecule has 0 amide bonds. The Balaban J connectivity index is 1.21. The lowest BCUT2D eigenvalue weighted by Gasteiger charge is -2.12. The van der Waals surface area contributed by atoms with Gasteiger partial charge in [-0.1, -0.05) is 121 Å². The summed E-state index contributed by atoms with van der Waals surface area (Å²) in [5, 5.41) is 7.70. The van der Waals surface area contributed by atoms with Gasteiger partial charge in [-0.15, -0.1) is 11.3 Å². The molecule has 0 unspecified atom stereocenters. The molecule has 48 heavy (non-hydrogen) atoms. The molecule has 0 aliphatic heterocycles. The Morgan fingerprint density at radius 2 is 1.06 bits per heavy atom. The number of para-hydroxylation sites is 1. The van der Waals surface area contributed by atoms with Crippen molar-refractivity contribution in [2.24, 2.45) is 0 Å². The molecule has 4 heteroatoms. The van der Waals surface area contributed by atoms with Gasteiger partial charge in [-0.3, -0.25) is 4.57 Å². The number of hydrogen-bond donors (Lipinski definition) is 0. The van der Waals surface area contributed by atoms with Crippen LogP contribution in [0.2, 0.25) is 0 Å². The second-order valence-electron chi connectivity index (χ2n) is 12.2. The molecule has 0 saturated heterocycles. The highest BCUT2D eigenvalue weighted by molar-refractivity contribution is 7.27. The number of rotatable bonds is 4. The maximum absolute atomic E-state index is 5.18.